The van der Waals surface area contributed by atoms with E-state index in [9.17, 15) is 9.18 Å². The molecule has 2 aliphatic rings. The van der Waals surface area contributed by atoms with Gasteiger partial charge in [-0.25, -0.2) is 9.38 Å². The van der Waals surface area contributed by atoms with E-state index in [0.29, 0.717) is 28.5 Å². The lowest BCUT2D eigenvalue weighted by Gasteiger charge is -2.35. The number of aromatic nitrogens is 2. The number of hydrogen-bond acceptors (Lipinski definition) is 7. The number of likely N-dealkylation sites (tertiary alicyclic amines) is 1. The van der Waals surface area contributed by atoms with Crippen LogP contribution in [0.1, 0.15) is 64.9 Å². The topological polar surface area (TPSA) is 89.8 Å². The summed E-state index contributed by atoms with van der Waals surface area (Å²) >= 11 is 0. The van der Waals surface area contributed by atoms with Crippen molar-refractivity contribution in [3.63, 3.8) is 0 Å². The molecule has 0 unspecified atom stereocenters. The predicted molar refractivity (Wildman–Crippen MR) is 164 cm³/mol. The molecule has 1 aromatic carbocycles. The number of carbonyl (C=O) groups is 1. The maximum atomic E-state index is 14.7. The molecule has 1 saturated heterocycles. The van der Waals surface area contributed by atoms with Gasteiger partial charge in [-0.3, -0.25) is 19.8 Å². The fraction of sp³-hybridized carbons (Fsp3) is 0.516. The molecule has 1 fully saturated rings. The average molecular weight is 565 g/mol. The van der Waals surface area contributed by atoms with Crippen molar-refractivity contribution in [1.82, 2.24) is 30.4 Å². The van der Waals surface area contributed by atoms with Crippen molar-refractivity contribution in [3.05, 3.63) is 60.2 Å². The van der Waals surface area contributed by atoms with Gasteiger partial charge in [0, 0.05) is 29.9 Å². The van der Waals surface area contributed by atoms with Gasteiger partial charge < -0.3 is 15.6 Å². The third-order valence-electron chi connectivity index (χ3n) is 8.00. The molecule has 222 valence electrons. The van der Waals surface area contributed by atoms with Gasteiger partial charge in [0.05, 0.1) is 35.9 Å². The molecule has 1 aromatic heterocycles. The van der Waals surface area contributed by atoms with Gasteiger partial charge in [0.15, 0.2) is 5.82 Å². The highest BCUT2D eigenvalue weighted by atomic mass is 19.1. The van der Waals surface area contributed by atoms with E-state index in [1.807, 2.05) is 35.0 Å². The molecule has 0 radical (unpaired) electrons. The molecule has 3 N–H and O–H groups in total. The Morgan fingerprint density at radius 3 is 2.73 bits per heavy atom. The molecule has 0 atom stereocenters. The van der Waals surface area contributed by atoms with Crippen LogP contribution in [0.4, 0.5) is 15.9 Å². The number of nitrogens with zero attached hydrogens (tertiary/aromatic N) is 5. The Kier molecular flexibility index (Phi) is 10.3. The molecule has 9 nitrogen and oxygen atoms in total. The van der Waals surface area contributed by atoms with E-state index in [0.717, 1.165) is 39.0 Å². The minimum Gasteiger partial charge on any atom is -0.322 e. The SMILES string of the molecule is C=C1NNC(c2ccc(F)c(NC(=O)CN(C)C(C)(C)CCCCCC)c2)=CC1=Nc1ccn(CCN2CCC2)n1. The van der Waals surface area contributed by atoms with Crippen LogP contribution in [0.5, 0.6) is 0 Å². The lowest BCUT2D eigenvalue weighted by atomic mass is 9.94. The second-order valence-electron chi connectivity index (χ2n) is 11.6. The first-order valence-corrected chi connectivity index (χ1v) is 14.7. The number of aliphatic imine (C=N–C) groups is 1. The number of hydrogen-bond donors (Lipinski definition) is 3. The van der Waals surface area contributed by atoms with E-state index in [1.54, 1.807) is 12.1 Å². The van der Waals surface area contributed by atoms with Crippen LogP contribution in [0.25, 0.3) is 5.70 Å². The lowest BCUT2D eigenvalue weighted by Crippen LogP contribution is -2.45. The van der Waals surface area contributed by atoms with Crippen LogP contribution < -0.4 is 16.2 Å². The fourth-order valence-corrected chi connectivity index (χ4v) is 4.81. The first-order valence-electron chi connectivity index (χ1n) is 14.7. The van der Waals surface area contributed by atoms with Gasteiger partial charge in [-0.1, -0.05) is 39.2 Å². The number of likely N-dealkylation sites (N-methyl/N-ethyl adjacent to an activating group) is 1. The van der Waals surface area contributed by atoms with Crippen molar-refractivity contribution in [3.8, 4) is 0 Å². The fourth-order valence-electron chi connectivity index (χ4n) is 4.81. The molecule has 0 bridgehead atoms. The third-order valence-corrected chi connectivity index (χ3v) is 8.00. The van der Waals surface area contributed by atoms with E-state index in [1.165, 1.54) is 31.7 Å². The number of hydrazine groups is 1. The maximum Gasteiger partial charge on any atom is 0.238 e. The maximum absolute atomic E-state index is 14.7. The monoisotopic (exact) mass is 564 g/mol. The lowest BCUT2D eigenvalue weighted by molar-refractivity contribution is -0.118. The number of rotatable bonds is 14. The van der Waals surface area contributed by atoms with Gasteiger partial charge in [0.2, 0.25) is 5.91 Å². The Labute approximate surface area is 243 Å². The zero-order chi connectivity index (χ0) is 29.4. The first-order chi connectivity index (χ1) is 19.6. The summed E-state index contributed by atoms with van der Waals surface area (Å²) < 4.78 is 16.6. The summed E-state index contributed by atoms with van der Waals surface area (Å²) in [5, 5.41) is 7.34. The molecule has 0 aliphatic carbocycles. The molecule has 4 rings (SSSR count). The Bertz CT molecular complexity index is 1280. The van der Waals surface area contributed by atoms with Gasteiger partial charge in [0.25, 0.3) is 0 Å². The third kappa shape index (κ3) is 8.50. The highest BCUT2D eigenvalue weighted by molar-refractivity contribution is 6.13. The van der Waals surface area contributed by atoms with Gasteiger partial charge in [-0.2, -0.15) is 5.10 Å². The number of anilines is 1. The molecule has 41 heavy (non-hydrogen) atoms. The molecule has 2 aliphatic heterocycles. The minimum atomic E-state index is -0.491. The summed E-state index contributed by atoms with van der Waals surface area (Å²) in [4.78, 5) is 22.0. The quantitative estimate of drug-likeness (QED) is 0.277. The summed E-state index contributed by atoms with van der Waals surface area (Å²) in [5.41, 5.74) is 8.71. The summed E-state index contributed by atoms with van der Waals surface area (Å²) in [6.45, 7) is 14.8. The van der Waals surface area contributed by atoms with Crippen LogP contribution in [0.2, 0.25) is 0 Å². The van der Waals surface area contributed by atoms with Crippen molar-refractivity contribution in [2.75, 3.05) is 38.5 Å². The summed E-state index contributed by atoms with van der Waals surface area (Å²) in [6, 6.07) is 6.52. The van der Waals surface area contributed by atoms with Gasteiger partial charge >= 0.3 is 0 Å². The van der Waals surface area contributed by atoms with E-state index in [-0.39, 0.29) is 23.7 Å². The zero-order valence-corrected chi connectivity index (χ0v) is 25.0. The van der Waals surface area contributed by atoms with Gasteiger partial charge in [-0.05, 0) is 71.1 Å². The zero-order valence-electron chi connectivity index (χ0n) is 25.0. The minimum absolute atomic E-state index is 0.129. The highest BCUT2D eigenvalue weighted by Gasteiger charge is 2.25. The Hall–Kier alpha value is -3.50. The molecule has 0 spiro atoms. The van der Waals surface area contributed by atoms with Gasteiger partial charge in [-0.15, -0.1) is 0 Å². The molecule has 10 heteroatoms. The number of carbonyl (C=O) groups excluding carboxylic acids is 1. The van der Waals surface area contributed by atoms with E-state index in [2.05, 4.69) is 58.5 Å². The Morgan fingerprint density at radius 2 is 2.00 bits per heavy atom. The molecular formula is C31H45FN8O. The largest absolute Gasteiger partial charge is 0.322 e. The van der Waals surface area contributed by atoms with E-state index < -0.39 is 5.82 Å². The Balaban J connectivity index is 1.41. The van der Waals surface area contributed by atoms with Crippen molar-refractivity contribution >= 4 is 28.8 Å². The van der Waals surface area contributed by atoms with Crippen molar-refractivity contribution in [1.29, 1.82) is 0 Å². The molecule has 2 aromatic rings. The number of amides is 1. The predicted octanol–water partition coefficient (Wildman–Crippen LogP) is 5.08. The number of halogens is 1. The Morgan fingerprint density at radius 1 is 1.20 bits per heavy atom. The van der Waals surface area contributed by atoms with Crippen molar-refractivity contribution in [2.45, 2.75) is 71.4 Å². The molecular weight excluding hydrogens is 519 g/mol. The number of nitrogens with one attached hydrogen (secondary N) is 3. The second kappa shape index (κ2) is 13.9. The van der Waals surface area contributed by atoms with E-state index >= 15 is 0 Å². The summed E-state index contributed by atoms with van der Waals surface area (Å²) in [7, 11) is 1.94. The van der Waals surface area contributed by atoms with Crippen LogP contribution in [0.3, 0.4) is 0 Å². The van der Waals surface area contributed by atoms with Crippen LogP contribution in [-0.2, 0) is 11.3 Å². The van der Waals surface area contributed by atoms with Crippen molar-refractivity contribution in [2.24, 2.45) is 4.99 Å². The van der Waals surface area contributed by atoms with Crippen LogP contribution in [-0.4, -0.2) is 70.0 Å². The van der Waals surface area contributed by atoms with Crippen LogP contribution in [0.15, 0.2) is 53.8 Å². The summed E-state index contributed by atoms with van der Waals surface area (Å²) in [6.07, 6.45) is 10.8. The van der Waals surface area contributed by atoms with Crippen molar-refractivity contribution < 1.29 is 9.18 Å². The van der Waals surface area contributed by atoms with E-state index in [4.69, 9.17) is 0 Å². The summed E-state index contributed by atoms with van der Waals surface area (Å²) in [5.74, 6) is -0.155. The first kappa shape index (κ1) is 30.5. The molecule has 0 saturated carbocycles. The smallest absolute Gasteiger partial charge is 0.238 e. The normalized spacial score (nSPS) is 16.8. The second-order valence-corrected chi connectivity index (χ2v) is 11.6. The number of allylic oxidation sites excluding steroid dienone is 1. The highest BCUT2D eigenvalue weighted by Crippen LogP contribution is 2.24. The average Bonchev–Trinajstić information content (AvgIpc) is 3.35. The van der Waals surface area contributed by atoms with Crippen LogP contribution >= 0.6 is 0 Å². The number of benzene rings is 1. The van der Waals surface area contributed by atoms with Gasteiger partial charge in [0.1, 0.15) is 5.82 Å². The number of unbranched alkanes of at least 4 members (excludes halogenated alkanes) is 3. The van der Waals surface area contributed by atoms with Crippen LogP contribution in [0, 0.1) is 5.82 Å². The molecule has 3 heterocycles. The standard InChI is InChI=1S/C31H45FN8O/c1-6-7-8-9-14-31(3,4)38(5)22-30(41)34-28-20-24(11-12-25(28)32)27-21-26(23(2)35-36-27)33-29-13-17-40(37-29)19-18-39-15-10-16-39/h11-13,17,20-21,35-36H,2,6-10,14-16,18-19,22H2,1,3-5H3,(H,34,41). The molecule has 1 amide bonds.